The molecule has 0 spiro atoms. The molecular formula is C24H32O3. The van der Waals surface area contributed by atoms with Crippen LogP contribution >= 0.6 is 0 Å². The lowest BCUT2D eigenvalue weighted by Gasteiger charge is -2.15. The van der Waals surface area contributed by atoms with Gasteiger partial charge in [0.15, 0.2) is 0 Å². The summed E-state index contributed by atoms with van der Waals surface area (Å²) in [5, 5.41) is 0. The SMILES string of the molecule is CCOC(=O)C=C(C)C=CC=C(C)C=Cc1c(C)cc(OC)c(CC)c1C. The molecule has 3 nitrogen and oxygen atoms in total. The Morgan fingerprint density at radius 2 is 1.81 bits per heavy atom. The third-order valence-electron chi connectivity index (χ3n) is 4.36. The van der Waals surface area contributed by atoms with E-state index in [-0.39, 0.29) is 5.97 Å². The number of aryl methyl sites for hydroxylation is 1. The number of hydrogen-bond acceptors (Lipinski definition) is 3. The van der Waals surface area contributed by atoms with Gasteiger partial charge < -0.3 is 9.47 Å². The zero-order valence-electron chi connectivity index (χ0n) is 17.7. The van der Waals surface area contributed by atoms with Gasteiger partial charge in [0, 0.05) is 6.08 Å². The molecule has 0 unspecified atom stereocenters. The van der Waals surface area contributed by atoms with Gasteiger partial charge in [-0.05, 0) is 74.9 Å². The first-order valence-electron chi connectivity index (χ1n) is 9.39. The maximum absolute atomic E-state index is 11.4. The molecule has 0 aliphatic rings. The summed E-state index contributed by atoms with van der Waals surface area (Å²) in [7, 11) is 1.72. The Hall–Kier alpha value is -2.55. The second-order valence-corrected chi connectivity index (χ2v) is 6.51. The number of esters is 1. The predicted octanol–water partition coefficient (Wildman–Crippen LogP) is 5.90. The summed E-state index contributed by atoms with van der Waals surface area (Å²) in [6.07, 6.45) is 12.6. The van der Waals surface area contributed by atoms with Crippen molar-refractivity contribution in [1.82, 2.24) is 0 Å². The summed E-state index contributed by atoms with van der Waals surface area (Å²) < 4.78 is 10.4. The standard InChI is InChI=1S/C24H32O3/c1-8-21-20(6)22(19(5)16-23(21)26-7)14-13-17(3)11-10-12-18(4)15-24(25)27-9-2/h10-16H,8-9H2,1-7H3. The first-order chi connectivity index (χ1) is 12.8. The van der Waals surface area contributed by atoms with Crippen LogP contribution in [0.15, 0.2) is 47.6 Å². The van der Waals surface area contributed by atoms with E-state index in [1.54, 1.807) is 14.0 Å². The Balaban J connectivity index is 2.95. The Morgan fingerprint density at radius 3 is 2.41 bits per heavy atom. The van der Waals surface area contributed by atoms with E-state index in [1.165, 1.54) is 28.3 Å². The second-order valence-electron chi connectivity index (χ2n) is 6.51. The molecule has 0 bridgehead atoms. The third kappa shape index (κ3) is 6.93. The van der Waals surface area contributed by atoms with Gasteiger partial charge in [0.05, 0.1) is 13.7 Å². The fourth-order valence-electron chi connectivity index (χ4n) is 2.92. The number of carbonyl (C=O) groups excluding carboxylic acids is 1. The quantitative estimate of drug-likeness (QED) is 0.325. The van der Waals surface area contributed by atoms with Gasteiger partial charge in [-0.3, -0.25) is 0 Å². The first-order valence-corrected chi connectivity index (χ1v) is 9.39. The largest absolute Gasteiger partial charge is 0.496 e. The van der Waals surface area contributed by atoms with Crippen LogP contribution in [0, 0.1) is 13.8 Å². The van der Waals surface area contributed by atoms with Gasteiger partial charge in [0.25, 0.3) is 0 Å². The van der Waals surface area contributed by atoms with Crippen LogP contribution in [-0.2, 0) is 16.0 Å². The van der Waals surface area contributed by atoms with E-state index < -0.39 is 0 Å². The van der Waals surface area contributed by atoms with Crippen LogP contribution in [0.1, 0.15) is 49.9 Å². The number of methoxy groups -OCH3 is 1. The van der Waals surface area contributed by atoms with Crippen molar-refractivity contribution in [2.45, 2.75) is 48.0 Å². The molecule has 0 N–H and O–H groups in total. The molecule has 0 radical (unpaired) electrons. The Bertz CT molecular complexity index is 777. The topological polar surface area (TPSA) is 35.5 Å². The van der Waals surface area contributed by atoms with Crippen molar-refractivity contribution in [3.63, 3.8) is 0 Å². The minimum Gasteiger partial charge on any atom is -0.496 e. The van der Waals surface area contributed by atoms with Gasteiger partial charge in [-0.1, -0.05) is 42.9 Å². The highest BCUT2D eigenvalue weighted by Crippen LogP contribution is 2.29. The lowest BCUT2D eigenvalue weighted by atomic mass is 9.94. The van der Waals surface area contributed by atoms with Crippen molar-refractivity contribution >= 4 is 12.0 Å². The molecule has 0 fully saturated rings. The van der Waals surface area contributed by atoms with Gasteiger partial charge in [0.1, 0.15) is 5.75 Å². The Kier molecular flexibility index (Phi) is 9.35. The van der Waals surface area contributed by atoms with Crippen molar-refractivity contribution in [3.8, 4) is 5.75 Å². The fourth-order valence-corrected chi connectivity index (χ4v) is 2.92. The van der Waals surface area contributed by atoms with Crippen molar-refractivity contribution in [2.75, 3.05) is 13.7 Å². The second kappa shape index (κ2) is 11.2. The minimum atomic E-state index is -0.308. The molecule has 0 aliphatic carbocycles. The number of benzene rings is 1. The molecule has 146 valence electrons. The van der Waals surface area contributed by atoms with E-state index in [9.17, 15) is 4.79 Å². The van der Waals surface area contributed by atoms with Crippen molar-refractivity contribution in [2.24, 2.45) is 0 Å². The highest BCUT2D eigenvalue weighted by atomic mass is 16.5. The molecule has 0 atom stereocenters. The molecule has 1 aromatic carbocycles. The van der Waals surface area contributed by atoms with Crippen molar-refractivity contribution in [3.05, 3.63) is 69.8 Å². The molecule has 27 heavy (non-hydrogen) atoms. The van der Waals surface area contributed by atoms with Gasteiger partial charge in [-0.15, -0.1) is 0 Å². The highest BCUT2D eigenvalue weighted by molar-refractivity contribution is 5.83. The highest BCUT2D eigenvalue weighted by Gasteiger charge is 2.10. The van der Waals surface area contributed by atoms with E-state index in [1.807, 2.05) is 25.2 Å². The predicted molar refractivity (Wildman–Crippen MR) is 114 cm³/mol. The number of ether oxygens (including phenoxy) is 2. The van der Waals surface area contributed by atoms with Gasteiger partial charge in [-0.25, -0.2) is 4.79 Å². The van der Waals surface area contributed by atoms with Crippen LogP contribution in [0.4, 0.5) is 0 Å². The average Bonchev–Trinajstić information content (AvgIpc) is 2.61. The maximum Gasteiger partial charge on any atom is 0.330 e. The van der Waals surface area contributed by atoms with E-state index in [2.05, 4.69) is 45.9 Å². The Labute approximate surface area is 164 Å². The molecule has 0 aromatic heterocycles. The number of rotatable bonds is 8. The third-order valence-corrected chi connectivity index (χ3v) is 4.36. The average molecular weight is 369 g/mol. The van der Waals surface area contributed by atoms with Gasteiger partial charge >= 0.3 is 5.97 Å². The summed E-state index contributed by atoms with van der Waals surface area (Å²) in [5.74, 6) is 0.654. The Morgan fingerprint density at radius 1 is 1.11 bits per heavy atom. The molecule has 3 heteroatoms. The molecule has 0 amide bonds. The molecule has 1 rings (SSSR count). The van der Waals surface area contributed by atoms with Crippen LogP contribution in [0.25, 0.3) is 6.08 Å². The van der Waals surface area contributed by atoms with Crippen molar-refractivity contribution in [1.29, 1.82) is 0 Å². The van der Waals surface area contributed by atoms with Crippen LogP contribution in [0.5, 0.6) is 5.75 Å². The monoisotopic (exact) mass is 368 g/mol. The van der Waals surface area contributed by atoms with Crippen molar-refractivity contribution < 1.29 is 14.3 Å². The molecule has 0 aliphatic heterocycles. The van der Waals surface area contributed by atoms with Gasteiger partial charge in [0.2, 0.25) is 0 Å². The van der Waals surface area contributed by atoms with Crippen LogP contribution in [0.2, 0.25) is 0 Å². The first kappa shape index (κ1) is 22.5. The van der Waals surface area contributed by atoms with E-state index in [0.29, 0.717) is 6.61 Å². The van der Waals surface area contributed by atoms with Crippen LogP contribution in [0.3, 0.4) is 0 Å². The van der Waals surface area contributed by atoms with Crippen LogP contribution < -0.4 is 4.74 Å². The molecule has 1 aromatic rings. The number of allylic oxidation sites excluding steroid dienone is 6. The number of hydrogen-bond donors (Lipinski definition) is 0. The summed E-state index contributed by atoms with van der Waals surface area (Å²) in [4.78, 5) is 11.4. The molecule has 0 heterocycles. The smallest absolute Gasteiger partial charge is 0.330 e. The maximum atomic E-state index is 11.4. The van der Waals surface area contributed by atoms with Crippen LogP contribution in [-0.4, -0.2) is 19.7 Å². The summed E-state index contributed by atoms with van der Waals surface area (Å²) in [6.45, 7) is 12.5. The summed E-state index contributed by atoms with van der Waals surface area (Å²) in [6, 6.07) is 2.11. The van der Waals surface area contributed by atoms with E-state index >= 15 is 0 Å². The van der Waals surface area contributed by atoms with Gasteiger partial charge in [-0.2, -0.15) is 0 Å². The zero-order chi connectivity index (χ0) is 20.4. The molecule has 0 saturated heterocycles. The lowest BCUT2D eigenvalue weighted by Crippen LogP contribution is -1.99. The fraction of sp³-hybridized carbons (Fsp3) is 0.375. The summed E-state index contributed by atoms with van der Waals surface area (Å²) >= 11 is 0. The number of carbonyl (C=O) groups is 1. The normalized spacial score (nSPS) is 12.9. The zero-order valence-corrected chi connectivity index (χ0v) is 17.7. The van der Waals surface area contributed by atoms with E-state index in [4.69, 9.17) is 9.47 Å². The minimum absolute atomic E-state index is 0.308. The molecule has 0 saturated carbocycles. The molecular weight excluding hydrogens is 336 g/mol. The van der Waals surface area contributed by atoms with E-state index in [0.717, 1.165) is 23.3 Å². The summed E-state index contributed by atoms with van der Waals surface area (Å²) in [5.41, 5.74) is 6.95. The lowest BCUT2D eigenvalue weighted by molar-refractivity contribution is -0.137.